The number of aryl methyl sites for hydroxylation is 2. The van der Waals surface area contributed by atoms with Gasteiger partial charge in [-0.2, -0.15) is 0 Å². The second-order valence-electron chi connectivity index (χ2n) is 6.49. The highest BCUT2D eigenvalue weighted by Crippen LogP contribution is 2.26. The number of carbonyl (C=O) groups is 1. The summed E-state index contributed by atoms with van der Waals surface area (Å²) in [7, 11) is 1.65. The lowest BCUT2D eigenvalue weighted by Crippen LogP contribution is -2.20. The van der Waals surface area contributed by atoms with Crippen LogP contribution in [-0.4, -0.2) is 17.6 Å². The topological polar surface area (TPSA) is 43.3 Å². The quantitative estimate of drug-likeness (QED) is 0.700. The van der Waals surface area contributed by atoms with E-state index in [1.807, 2.05) is 74.8 Å². The van der Waals surface area contributed by atoms with Crippen molar-refractivity contribution in [1.29, 1.82) is 0 Å². The molecule has 2 aromatic carbocycles. The molecule has 4 heteroatoms. The molecular weight excluding hydrogens is 324 g/mol. The van der Waals surface area contributed by atoms with E-state index in [0.717, 1.165) is 22.6 Å². The molecule has 0 spiro atoms. The number of methoxy groups -OCH3 is 1. The van der Waals surface area contributed by atoms with Crippen LogP contribution in [0.25, 0.3) is 0 Å². The lowest BCUT2D eigenvalue weighted by molar-refractivity contribution is -0.116. The van der Waals surface area contributed by atoms with E-state index in [-0.39, 0.29) is 11.9 Å². The predicted molar refractivity (Wildman–Crippen MR) is 105 cm³/mol. The second-order valence-corrected chi connectivity index (χ2v) is 6.49. The molecule has 3 rings (SSSR count). The first-order valence-corrected chi connectivity index (χ1v) is 8.70. The van der Waals surface area contributed by atoms with E-state index in [4.69, 9.17) is 4.74 Å². The molecule has 0 saturated carbocycles. The maximum Gasteiger partial charge on any atom is 0.226 e. The van der Waals surface area contributed by atoms with Gasteiger partial charge < -0.3 is 14.6 Å². The summed E-state index contributed by atoms with van der Waals surface area (Å²) in [5.41, 5.74) is 4.15. The maximum absolute atomic E-state index is 12.7. The number of amides is 1. The predicted octanol–water partition coefficient (Wildman–Crippen LogP) is 4.73. The minimum Gasteiger partial charge on any atom is -0.497 e. The van der Waals surface area contributed by atoms with Gasteiger partial charge in [-0.3, -0.25) is 4.79 Å². The first-order valence-electron chi connectivity index (χ1n) is 8.70. The molecule has 1 atom stereocenters. The molecule has 0 aliphatic carbocycles. The Morgan fingerprint density at radius 2 is 1.85 bits per heavy atom. The molecule has 0 fully saturated rings. The number of rotatable bonds is 6. The van der Waals surface area contributed by atoms with E-state index in [1.54, 1.807) is 7.11 Å². The number of carbonyl (C=O) groups excluding carboxylic acids is 1. The first-order chi connectivity index (χ1) is 12.6. The molecular formula is C22H24N2O2. The zero-order chi connectivity index (χ0) is 18.5. The SMILES string of the molecule is COc1cccc([C@H](CC(=O)Nc2ccc(C)cc2C)n2cccc2)c1. The fourth-order valence-electron chi connectivity index (χ4n) is 3.13. The maximum atomic E-state index is 12.7. The number of ether oxygens (including phenoxy) is 1. The highest BCUT2D eigenvalue weighted by atomic mass is 16.5. The van der Waals surface area contributed by atoms with Crippen molar-refractivity contribution in [3.63, 3.8) is 0 Å². The van der Waals surface area contributed by atoms with Crippen LogP contribution in [-0.2, 0) is 4.79 Å². The average molecular weight is 348 g/mol. The van der Waals surface area contributed by atoms with E-state index in [1.165, 1.54) is 5.56 Å². The number of hydrogen-bond acceptors (Lipinski definition) is 2. The van der Waals surface area contributed by atoms with Gasteiger partial charge in [-0.05, 0) is 55.3 Å². The zero-order valence-corrected chi connectivity index (χ0v) is 15.4. The minimum absolute atomic E-state index is 0.0153. The van der Waals surface area contributed by atoms with E-state index < -0.39 is 0 Å². The smallest absolute Gasteiger partial charge is 0.226 e. The molecule has 0 bridgehead atoms. The van der Waals surface area contributed by atoms with Gasteiger partial charge in [0.1, 0.15) is 5.75 Å². The van der Waals surface area contributed by atoms with E-state index in [9.17, 15) is 4.79 Å². The Labute approximate surface area is 154 Å². The average Bonchev–Trinajstić information content (AvgIpc) is 3.16. The van der Waals surface area contributed by atoms with Gasteiger partial charge in [0.2, 0.25) is 5.91 Å². The van der Waals surface area contributed by atoms with E-state index >= 15 is 0 Å². The second kappa shape index (κ2) is 7.91. The van der Waals surface area contributed by atoms with Crippen LogP contribution in [0.2, 0.25) is 0 Å². The Morgan fingerprint density at radius 3 is 2.54 bits per heavy atom. The van der Waals surface area contributed by atoms with Gasteiger partial charge in [-0.15, -0.1) is 0 Å². The Morgan fingerprint density at radius 1 is 1.08 bits per heavy atom. The summed E-state index contributed by atoms with van der Waals surface area (Å²) in [4.78, 5) is 12.7. The third-order valence-corrected chi connectivity index (χ3v) is 4.50. The standard InChI is InChI=1S/C22H24N2O2/c1-16-9-10-20(17(2)13-16)23-22(25)15-21(24-11-4-5-12-24)18-7-6-8-19(14-18)26-3/h4-14,21H,15H2,1-3H3,(H,23,25)/t21-/m0/s1. The summed E-state index contributed by atoms with van der Waals surface area (Å²) < 4.78 is 7.39. The van der Waals surface area contributed by atoms with Gasteiger partial charge in [-0.1, -0.05) is 29.8 Å². The Hall–Kier alpha value is -3.01. The Kier molecular flexibility index (Phi) is 5.42. The van der Waals surface area contributed by atoms with Gasteiger partial charge in [0.25, 0.3) is 0 Å². The molecule has 4 nitrogen and oxygen atoms in total. The van der Waals surface area contributed by atoms with Crippen LogP contribution in [0, 0.1) is 13.8 Å². The Bertz CT molecular complexity index is 885. The minimum atomic E-state index is -0.0918. The van der Waals surface area contributed by atoms with Gasteiger partial charge >= 0.3 is 0 Å². The number of hydrogen-bond donors (Lipinski definition) is 1. The lowest BCUT2D eigenvalue weighted by Gasteiger charge is -2.20. The number of aromatic nitrogens is 1. The molecule has 0 aliphatic heterocycles. The number of nitrogens with one attached hydrogen (secondary N) is 1. The molecule has 1 amide bonds. The molecule has 0 unspecified atom stereocenters. The van der Waals surface area contributed by atoms with Gasteiger partial charge in [0.15, 0.2) is 0 Å². The van der Waals surface area contributed by atoms with Crippen LogP contribution in [0.4, 0.5) is 5.69 Å². The molecule has 0 saturated heterocycles. The van der Waals surface area contributed by atoms with Gasteiger partial charge in [0, 0.05) is 18.1 Å². The zero-order valence-electron chi connectivity index (χ0n) is 15.4. The first kappa shape index (κ1) is 17.8. The van der Waals surface area contributed by atoms with Crippen molar-refractivity contribution in [2.24, 2.45) is 0 Å². The van der Waals surface area contributed by atoms with Crippen molar-refractivity contribution in [3.8, 4) is 5.75 Å². The van der Waals surface area contributed by atoms with Crippen molar-refractivity contribution >= 4 is 11.6 Å². The molecule has 134 valence electrons. The van der Waals surface area contributed by atoms with E-state index in [2.05, 4.69) is 16.0 Å². The Balaban J connectivity index is 1.82. The molecule has 1 N–H and O–H groups in total. The van der Waals surface area contributed by atoms with Gasteiger partial charge in [-0.25, -0.2) is 0 Å². The third kappa shape index (κ3) is 4.14. The van der Waals surface area contributed by atoms with Gasteiger partial charge in [0.05, 0.1) is 19.6 Å². The highest BCUT2D eigenvalue weighted by Gasteiger charge is 2.18. The molecule has 0 aliphatic rings. The monoisotopic (exact) mass is 348 g/mol. The van der Waals surface area contributed by atoms with Crippen molar-refractivity contribution in [3.05, 3.63) is 83.7 Å². The van der Waals surface area contributed by atoms with Crippen LogP contribution in [0.3, 0.4) is 0 Å². The third-order valence-electron chi connectivity index (χ3n) is 4.50. The molecule has 1 heterocycles. The van der Waals surface area contributed by atoms with Crippen LogP contribution in [0.5, 0.6) is 5.75 Å². The fourth-order valence-corrected chi connectivity index (χ4v) is 3.13. The summed E-state index contributed by atoms with van der Waals surface area (Å²) in [6.07, 6.45) is 4.30. The summed E-state index contributed by atoms with van der Waals surface area (Å²) in [6.45, 7) is 4.05. The van der Waals surface area contributed by atoms with Crippen LogP contribution < -0.4 is 10.1 Å². The molecule has 26 heavy (non-hydrogen) atoms. The van der Waals surface area contributed by atoms with Crippen molar-refractivity contribution in [2.45, 2.75) is 26.3 Å². The molecule has 3 aromatic rings. The van der Waals surface area contributed by atoms with E-state index in [0.29, 0.717) is 6.42 Å². The summed E-state index contributed by atoms with van der Waals surface area (Å²) in [6, 6.07) is 17.7. The number of anilines is 1. The largest absolute Gasteiger partial charge is 0.497 e. The molecule has 1 aromatic heterocycles. The number of nitrogens with zero attached hydrogens (tertiary/aromatic N) is 1. The van der Waals surface area contributed by atoms with Crippen molar-refractivity contribution < 1.29 is 9.53 Å². The van der Waals surface area contributed by atoms with Crippen LogP contribution >= 0.6 is 0 Å². The molecule has 0 radical (unpaired) electrons. The normalized spacial score (nSPS) is 11.8. The lowest BCUT2D eigenvalue weighted by atomic mass is 10.0. The summed E-state index contributed by atoms with van der Waals surface area (Å²) >= 11 is 0. The highest BCUT2D eigenvalue weighted by molar-refractivity contribution is 5.92. The summed E-state index contributed by atoms with van der Waals surface area (Å²) in [5, 5.41) is 3.04. The summed E-state index contributed by atoms with van der Waals surface area (Å²) in [5.74, 6) is 0.771. The fraction of sp³-hybridized carbons (Fsp3) is 0.227. The number of benzene rings is 2. The van der Waals surface area contributed by atoms with Crippen LogP contribution in [0.15, 0.2) is 67.0 Å². The van der Waals surface area contributed by atoms with Crippen molar-refractivity contribution in [2.75, 3.05) is 12.4 Å². The van der Waals surface area contributed by atoms with Crippen LogP contribution in [0.1, 0.15) is 29.2 Å². The van der Waals surface area contributed by atoms with Crippen molar-refractivity contribution in [1.82, 2.24) is 4.57 Å².